The van der Waals surface area contributed by atoms with E-state index in [0.717, 1.165) is 47.9 Å². The number of halogens is 3. The predicted octanol–water partition coefficient (Wildman–Crippen LogP) is 3.97. The van der Waals surface area contributed by atoms with Gasteiger partial charge in [0.25, 0.3) is 5.91 Å². The van der Waals surface area contributed by atoms with Gasteiger partial charge in [0.2, 0.25) is 0 Å². The van der Waals surface area contributed by atoms with E-state index in [4.69, 9.17) is 0 Å². The Morgan fingerprint density at radius 3 is 2.53 bits per heavy atom. The molecule has 32 heavy (non-hydrogen) atoms. The highest BCUT2D eigenvalue weighted by Gasteiger charge is 2.31. The van der Waals surface area contributed by atoms with Crippen molar-refractivity contribution in [1.29, 1.82) is 0 Å². The van der Waals surface area contributed by atoms with E-state index in [1.165, 1.54) is 18.3 Å². The minimum Gasteiger partial charge on any atom is -0.406 e. The number of nitrogens with zero attached hydrogens (tertiary/aromatic N) is 3. The van der Waals surface area contributed by atoms with Crippen LogP contribution in [0.25, 0.3) is 11.1 Å². The number of hydrogen-bond acceptors (Lipinski definition) is 6. The van der Waals surface area contributed by atoms with Gasteiger partial charge in [-0.3, -0.25) is 15.1 Å². The predicted molar refractivity (Wildman–Crippen MR) is 113 cm³/mol. The summed E-state index contributed by atoms with van der Waals surface area (Å²) < 4.78 is 40.8. The highest BCUT2D eigenvalue weighted by molar-refractivity contribution is 6.05. The summed E-state index contributed by atoms with van der Waals surface area (Å²) in [4.78, 5) is 23.7. The number of carbonyl (C=O) groups is 1. The quantitative estimate of drug-likeness (QED) is 0.621. The lowest BCUT2D eigenvalue weighted by atomic mass is 10.1. The van der Waals surface area contributed by atoms with Crippen LogP contribution in [-0.4, -0.2) is 42.0 Å². The number of benzene rings is 1. The lowest BCUT2D eigenvalue weighted by Crippen LogP contribution is -2.23. The molecule has 1 saturated heterocycles. The zero-order valence-corrected chi connectivity index (χ0v) is 17.1. The molecule has 10 heteroatoms. The number of rotatable bonds is 5. The van der Waals surface area contributed by atoms with Crippen molar-refractivity contribution in [3.8, 4) is 16.9 Å². The molecule has 0 bridgehead atoms. The van der Waals surface area contributed by atoms with E-state index in [9.17, 15) is 18.0 Å². The molecule has 2 N–H and O–H groups in total. The van der Waals surface area contributed by atoms with Gasteiger partial charge in [0.05, 0.1) is 12.2 Å². The molecule has 1 aliphatic rings. The van der Waals surface area contributed by atoms with Gasteiger partial charge in [-0.15, -0.1) is 13.2 Å². The van der Waals surface area contributed by atoms with E-state index in [1.807, 2.05) is 19.1 Å². The largest absolute Gasteiger partial charge is 0.573 e. The number of aryl methyl sites for hydroxylation is 1. The molecule has 3 heterocycles. The number of nitrogens with one attached hydrogen (secondary N) is 2. The molecule has 1 aromatic carbocycles. The second-order valence-corrected chi connectivity index (χ2v) is 7.23. The maximum absolute atomic E-state index is 12.8. The van der Waals surface area contributed by atoms with Crippen molar-refractivity contribution < 1.29 is 22.7 Å². The Labute approximate surface area is 182 Å². The summed E-state index contributed by atoms with van der Waals surface area (Å²) in [6.45, 7) is 4.17. The van der Waals surface area contributed by atoms with Crippen LogP contribution in [0.4, 0.5) is 24.7 Å². The van der Waals surface area contributed by atoms with E-state index < -0.39 is 12.3 Å². The highest BCUT2D eigenvalue weighted by atomic mass is 19.4. The van der Waals surface area contributed by atoms with Crippen LogP contribution in [0.5, 0.6) is 5.75 Å². The molecule has 0 aliphatic carbocycles. The van der Waals surface area contributed by atoms with Crippen LogP contribution < -0.4 is 20.3 Å². The number of anilines is 2. The topological polar surface area (TPSA) is 79.4 Å². The van der Waals surface area contributed by atoms with Gasteiger partial charge in [-0.05, 0) is 43.3 Å². The summed E-state index contributed by atoms with van der Waals surface area (Å²) in [6, 6.07) is 10.5. The third-order valence-corrected chi connectivity index (χ3v) is 4.86. The minimum absolute atomic E-state index is 0.312. The first-order valence-electron chi connectivity index (χ1n) is 9.84. The van der Waals surface area contributed by atoms with Crippen LogP contribution in [0, 0.1) is 6.92 Å². The van der Waals surface area contributed by atoms with E-state index in [2.05, 4.69) is 30.2 Å². The van der Waals surface area contributed by atoms with Gasteiger partial charge in [-0.1, -0.05) is 6.07 Å². The van der Waals surface area contributed by atoms with Crippen molar-refractivity contribution in [3.63, 3.8) is 0 Å². The second kappa shape index (κ2) is 8.83. The summed E-state index contributed by atoms with van der Waals surface area (Å²) in [5.74, 6) is -0.0600. The fraction of sp³-hybridized carbons (Fsp3) is 0.227. The minimum atomic E-state index is -4.77. The van der Waals surface area contributed by atoms with E-state index in [1.54, 1.807) is 12.3 Å². The Kier molecular flexibility index (Phi) is 5.95. The Balaban J connectivity index is 1.58. The summed E-state index contributed by atoms with van der Waals surface area (Å²) in [5, 5.41) is 5.93. The van der Waals surface area contributed by atoms with Crippen molar-refractivity contribution >= 4 is 17.4 Å². The fourth-order valence-corrected chi connectivity index (χ4v) is 3.30. The molecule has 1 fully saturated rings. The van der Waals surface area contributed by atoms with Gasteiger partial charge < -0.3 is 15.0 Å². The molecule has 1 amide bonds. The molecule has 0 radical (unpaired) electrons. The van der Waals surface area contributed by atoms with Gasteiger partial charge in [0.15, 0.2) is 0 Å². The maximum Gasteiger partial charge on any atom is 0.573 e. The smallest absolute Gasteiger partial charge is 0.406 e. The van der Waals surface area contributed by atoms with Crippen molar-refractivity contribution in [1.82, 2.24) is 15.3 Å². The summed E-state index contributed by atoms with van der Waals surface area (Å²) >= 11 is 0. The number of pyridine rings is 2. The normalized spacial score (nSPS) is 13.8. The molecular weight excluding hydrogens is 423 g/mol. The lowest BCUT2D eigenvalue weighted by Gasteiger charge is -2.20. The first kappa shape index (κ1) is 21.6. The monoisotopic (exact) mass is 443 g/mol. The van der Waals surface area contributed by atoms with Crippen molar-refractivity contribution in [2.24, 2.45) is 0 Å². The van der Waals surface area contributed by atoms with Gasteiger partial charge in [-0.25, -0.2) is 4.98 Å². The van der Waals surface area contributed by atoms with Crippen LogP contribution in [0.1, 0.15) is 16.1 Å². The molecule has 0 unspecified atom stereocenters. The molecule has 2 aromatic heterocycles. The van der Waals surface area contributed by atoms with Crippen molar-refractivity contribution in [3.05, 3.63) is 66.1 Å². The number of alkyl halides is 3. The highest BCUT2D eigenvalue weighted by Crippen LogP contribution is 2.30. The van der Waals surface area contributed by atoms with Crippen LogP contribution in [0.2, 0.25) is 0 Å². The van der Waals surface area contributed by atoms with Crippen molar-refractivity contribution in [2.45, 2.75) is 13.3 Å². The lowest BCUT2D eigenvalue weighted by molar-refractivity contribution is -0.274. The van der Waals surface area contributed by atoms with E-state index in [0.29, 0.717) is 17.9 Å². The zero-order chi connectivity index (χ0) is 22.7. The van der Waals surface area contributed by atoms with Gasteiger partial charge in [0.1, 0.15) is 11.6 Å². The molecule has 1 aliphatic heterocycles. The Morgan fingerprint density at radius 1 is 1.12 bits per heavy atom. The van der Waals surface area contributed by atoms with Crippen LogP contribution in [0.15, 0.2) is 54.9 Å². The standard InChI is InChI=1S/C22H20F3N5O2/c1-14-2-3-15(11-27-14)19-10-16(12-28-20(19)30-9-8-26-13-30)21(31)29-17-4-6-18(7-5-17)32-22(23,24)25/h2-7,10-12,26H,8-9,13H2,1H3,(H,29,31). The molecule has 0 saturated carbocycles. The zero-order valence-electron chi connectivity index (χ0n) is 17.1. The maximum atomic E-state index is 12.8. The molecule has 3 aromatic rings. The number of hydrogen-bond donors (Lipinski definition) is 2. The molecule has 0 atom stereocenters. The number of amides is 1. The summed E-state index contributed by atoms with van der Waals surface area (Å²) in [7, 11) is 0. The SMILES string of the molecule is Cc1ccc(-c2cc(C(=O)Nc3ccc(OC(F)(F)F)cc3)cnc2N2CCNC2)cn1. The first-order valence-corrected chi connectivity index (χ1v) is 9.84. The van der Waals surface area contributed by atoms with Gasteiger partial charge in [-0.2, -0.15) is 0 Å². The van der Waals surface area contributed by atoms with Gasteiger partial charge >= 0.3 is 6.36 Å². The summed E-state index contributed by atoms with van der Waals surface area (Å²) in [5.41, 5.74) is 3.11. The Hall–Kier alpha value is -3.66. The van der Waals surface area contributed by atoms with E-state index >= 15 is 0 Å². The average Bonchev–Trinajstić information content (AvgIpc) is 3.29. The van der Waals surface area contributed by atoms with Crippen LogP contribution in [-0.2, 0) is 0 Å². The average molecular weight is 443 g/mol. The third kappa shape index (κ3) is 5.14. The number of ether oxygens (including phenoxy) is 1. The molecule has 4 rings (SSSR count). The Bertz CT molecular complexity index is 1100. The van der Waals surface area contributed by atoms with Crippen LogP contribution >= 0.6 is 0 Å². The molecule has 0 spiro atoms. The summed E-state index contributed by atoms with van der Waals surface area (Å²) in [6.07, 6.45) is -1.56. The first-order chi connectivity index (χ1) is 15.3. The van der Waals surface area contributed by atoms with Gasteiger partial charge in [0, 0.05) is 48.0 Å². The number of carbonyl (C=O) groups excluding carboxylic acids is 1. The number of aromatic nitrogens is 2. The molecule has 7 nitrogen and oxygen atoms in total. The third-order valence-electron chi connectivity index (χ3n) is 4.86. The van der Waals surface area contributed by atoms with E-state index in [-0.39, 0.29) is 5.75 Å². The molecule has 166 valence electrons. The van der Waals surface area contributed by atoms with Crippen molar-refractivity contribution in [2.75, 3.05) is 30.0 Å². The fourth-order valence-electron chi connectivity index (χ4n) is 3.30. The Morgan fingerprint density at radius 2 is 1.91 bits per heavy atom. The second-order valence-electron chi connectivity index (χ2n) is 7.23. The van der Waals surface area contributed by atoms with Crippen LogP contribution in [0.3, 0.4) is 0 Å². The molecular formula is C22H20F3N5O2.